The van der Waals surface area contributed by atoms with Crippen LogP contribution in [0.5, 0.6) is 17.2 Å². The third kappa shape index (κ3) is 3.72. The van der Waals surface area contributed by atoms with Gasteiger partial charge in [0.1, 0.15) is 5.75 Å². The van der Waals surface area contributed by atoms with Gasteiger partial charge in [-0.3, -0.25) is 9.97 Å². The molecule has 0 fully saturated rings. The molecule has 0 N–H and O–H groups in total. The van der Waals surface area contributed by atoms with Gasteiger partial charge in [0.15, 0.2) is 11.5 Å². The number of hydrogen-bond donors (Lipinski definition) is 0. The van der Waals surface area contributed by atoms with Crippen LogP contribution in [0.1, 0.15) is 11.3 Å². The van der Waals surface area contributed by atoms with E-state index < -0.39 is 0 Å². The maximum absolute atomic E-state index is 5.65. The number of hydrogen-bond acceptors (Lipinski definition) is 5. The smallest absolute Gasteiger partial charge is 0.160 e. The van der Waals surface area contributed by atoms with Crippen LogP contribution in [0.3, 0.4) is 0 Å². The SMILES string of the molecule is COc1ccc(Cc2nccc3cc(OC)c(-c4ccncc4)cc23)cc1OC. The lowest BCUT2D eigenvalue weighted by atomic mass is 9.98. The van der Waals surface area contributed by atoms with E-state index in [4.69, 9.17) is 14.2 Å². The molecular formula is C24H22N2O3. The Morgan fingerprint density at radius 2 is 1.48 bits per heavy atom. The van der Waals surface area contributed by atoms with Gasteiger partial charge < -0.3 is 14.2 Å². The van der Waals surface area contributed by atoms with Crippen LogP contribution in [0.4, 0.5) is 0 Å². The molecule has 0 unspecified atom stereocenters. The maximum Gasteiger partial charge on any atom is 0.160 e. The first-order valence-electron chi connectivity index (χ1n) is 9.30. The Bertz CT molecular complexity index is 1140. The molecule has 29 heavy (non-hydrogen) atoms. The number of nitrogens with zero attached hydrogens (tertiary/aromatic N) is 2. The lowest BCUT2D eigenvalue weighted by Crippen LogP contribution is -1.97. The normalized spacial score (nSPS) is 10.7. The van der Waals surface area contributed by atoms with Crippen LogP contribution in [0, 0.1) is 0 Å². The highest BCUT2D eigenvalue weighted by molar-refractivity contribution is 5.92. The van der Waals surface area contributed by atoms with E-state index >= 15 is 0 Å². The van der Waals surface area contributed by atoms with Gasteiger partial charge in [-0.15, -0.1) is 0 Å². The number of ether oxygens (including phenoxy) is 3. The molecule has 0 radical (unpaired) electrons. The van der Waals surface area contributed by atoms with Crippen LogP contribution in [0.15, 0.2) is 67.1 Å². The second kappa shape index (κ2) is 8.19. The second-order valence-corrected chi connectivity index (χ2v) is 6.63. The van der Waals surface area contributed by atoms with Gasteiger partial charge >= 0.3 is 0 Å². The van der Waals surface area contributed by atoms with Crippen molar-refractivity contribution in [2.75, 3.05) is 21.3 Å². The van der Waals surface area contributed by atoms with Gasteiger partial charge in [-0.05, 0) is 59.0 Å². The summed E-state index contributed by atoms with van der Waals surface area (Å²) in [7, 11) is 4.97. The average molecular weight is 386 g/mol. The van der Waals surface area contributed by atoms with Crippen LogP contribution >= 0.6 is 0 Å². The van der Waals surface area contributed by atoms with E-state index in [-0.39, 0.29) is 0 Å². The van der Waals surface area contributed by atoms with Crippen LogP contribution in [-0.2, 0) is 6.42 Å². The maximum atomic E-state index is 5.65. The molecule has 5 nitrogen and oxygen atoms in total. The van der Waals surface area contributed by atoms with Crippen molar-refractivity contribution in [3.8, 4) is 28.4 Å². The Labute approximate surface area is 169 Å². The van der Waals surface area contributed by atoms with Crippen molar-refractivity contribution in [2.45, 2.75) is 6.42 Å². The molecule has 4 aromatic rings. The third-order valence-corrected chi connectivity index (χ3v) is 4.98. The summed E-state index contributed by atoms with van der Waals surface area (Å²) in [4.78, 5) is 8.78. The first-order valence-corrected chi connectivity index (χ1v) is 9.30. The van der Waals surface area contributed by atoms with Crippen molar-refractivity contribution < 1.29 is 14.2 Å². The van der Waals surface area contributed by atoms with Gasteiger partial charge in [0.2, 0.25) is 0 Å². The minimum Gasteiger partial charge on any atom is -0.496 e. The molecule has 0 atom stereocenters. The summed E-state index contributed by atoms with van der Waals surface area (Å²) in [5.74, 6) is 2.25. The van der Waals surface area contributed by atoms with Crippen molar-refractivity contribution >= 4 is 10.8 Å². The lowest BCUT2D eigenvalue weighted by Gasteiger charge is -2.13. The summed E-state index contributed by atoms with van der Waals surface area (Å²) in [6, 6.07) is 16.1. The number of rotatable bonds is 6. The van der Waals surface area contributed by atoms with Crippen LogP contribution in [0.25, 0.3) is 21.9 Å². The van der Waals surface area contributed by atoms with Gasteiger partial charge in [0.25, 0.3) is 0 Å². The Kier molecular flexibility index (Phi) is 5.29. The molecule has 0 aliphatic carbocycles. The van der Waals surface area contributed by atoms with E-state index in [0.717, 1.165) is 38.9 Å². The van der Waals surface area contributed by atoms with E-state index in [1.54, 1.807) is 33.7 Å². The number of methoxy groups -OCH3 is 3. The molecule has 0 amide bonds. The highest BCUT2D eigenvalue weighted by atomic mass is 16.5. The van der Waals surface area contributed by atoms with Crippen molar-refractivity contribution in [1.82, 2.24) is 9.97 Å². The molecule has 2 heterocycles. The number of benzene rings is 2. The van der Waals surface area contributed by atoms with E-state index in [9.17, 15) is 0 Å². The molecular weight excluding hydrogens is 364 g/mol. The van der Waals surface area contributed by atoms with Gasteiger partial charge in [-0.1, -0.05) is 6.07 Å². The highest BCUT2D eigenvalue weighted by Crippen LogP contribution is 2.35. The molecule has 0 spiro atoms. The lowest BCUT2D eigenvalue weighted by molar-refractivity contribution is 0.354. The minimum atomic E-state index is 0.680. The molecule has 0 bridgehead atoms. The molecule has 146 valence electrons. The fraction of sp³-hybridized carbons (Fsp3) is 0.167. The fourth-order valence-electron chi connectivity index (χ4n) is 3.51. The molecule has 4 rings (SSSR count). The van der Waals surface area contributed by atoms with Gasteiger partial charge in [0, 0.05) is 36.0 Å². The molecule has 0 aliphatic rings. The summed E-state index contributed by atoms with van der Waals surface area (Å²) in [5.41, 5.74) is 4.17. The van der Waals surface area contributed by atoms with E-state index in [0.29, 0.717) is 17.9 Å². The van der Waals surface area contributed by atoms with Crippen molar-refractivity contribution in [3.63, 3.8) is 0 Å². The summed E-state index contributed by atoms with van der Waals surface area (Å²) in [5, 5.41) is 2.18. The second-order valence-electron chi connectivity index (χ2n) is 6.63. The molecule has 2 aromatic carbocycles. The van der Waals surface area contributed by atoms with Crippen molar-refractivity contribution in [1.29, 1.82) is 0 Å². The van der Waals surface area contributed by atoms with E-state index in [1.165, 1.54) is 0 Å². The summed E-state index contributed by atoms with van der Waals surface area (Å²) < 4.78 is 16.4. The van der Waals surface area contributed by atoms with Crippen LogP contribution < -0.4 is 14.2 Å². The van der Waals surface area contributed by atoms with E-state index in [2.05, 4.69) is 22.1 Å². The topological polar surface area (TPSA) is 53.5 Å². The predicted octanol–water partition coefficient (Wildman–Crippen LogP) is 4.91. The number of fused-ring (bicyclic) bond motifs is 1. The summed E-state index contributed by atoms with van der Waals surface area (Å²) in [6.45, 7) is 0. The molecule has 2 aromatic heterocycles. The Hall–Kier alpha value is -3.60. The minimum absolute atomic E-state index is 0.680. The Morgan fingerprint density at radius 1 is 0.724 bits per heavy atom. The van der Waals surface area contributed by atoms with Gasteiger partial charge in [-0.2, -0.15) is 0 Å². The fourth-order valence-corrected chi connectivity index (χ4v) is 3.51. The molecule has 5 heteroatoms. The van der Waals surface area contributed by atoms with E-state index in [1.807, 2.05) is 42.6 Å². The quantitative estimate of drug-likeness (QED) is 0.471. The van der Waals surface area contributed by atoms with Crippen molar-refractivity contribution in [2.24, 2.45) is 0 Å². The predicted molar refractivity (Wildman–Crippen MR) is 114 cm³/mol. The van der Waals surface area contributed by atoms with Crippen LogP contribution in [-0.4, -0.2) is 31.3 Å². The third-order valence-electron chi connectivity index (χ3n) is 4.98. The standard InChI is InChI=1S/C24H22N2O3/c1-27-22-5-4-16(13-24(22)29-3)12-21-19-15-20(17-6-9-25-10-7-17)23(28-2)14-18(19)8-11-26-21/h4-11,13-15H,12H2,1-3H3. The average Bonchev–Trinajstić information content (AvgIpc) is 2.78. The summed E-state index contributed by atoms with van der Waals surface area (Å²) in [6.07, 6.45) is 6.09. The van der Waals surface area contributed by atoms with Gasteiger partial charge in [-0.25, -0.2) is 0 Å². The summed E-state index contributed by atoms with van der Waals surface area (Å²) >= 11 is 0. The molecule has 0 aliphatic heterocycles. The first-order chi connectivity index (χ1) is 14.2. The number of aromatic nitrogens is 2. The highest BCUT2D eigenvalue weighted by Gasteiger charge is 2.13. The Balaban J connectivity index is 1.81. The Morgan fingerprint density at radius 3 is 2.21 bits per heavy atom. The molecule has 0 saturated heterocycles. The first kappa shape index (κ1) is 18.7. The zero-order valence-corrected chi connectivity index (χ0v) is 16.7. The zero-order chi connectivity index (χ0) is 20.2. The largest absolute Gasteiger partial charge is 0.496 e. The van der Waals surface area contributed by atoms with Crippen LogP contribution in [0.2, 0.25) is 0 Å². The zero-order valence-electron chi connectivity index (χ0n) is 16.7. The van der Waals surface area contributed by atoms with Crippen molar-refractivity contribution in [3.05, 3.63) is 78.4 Å². The molecule has 0 saturated carbocycles. The van der Waals surface area contributed by atoms with Gasteiger partial charge in [0.05, 0.1) is 27.0 Å². The number of pyridine rings is 2. The monoisotopic (exact) mass is 386 g/mol.